The van der Waals surface area contributed by atoms with Crippen molar-refractivity contribution in [3.05, 3.63) is 70.7 Å². The SMILES string of the molecule is C=CC(=O)N1CCN(c2nc(=O)n3c4c(c(/C=C/C=C(F)\C=C\F)c(C(F)(F)F)cc24)SCC3COC)C(C)C1. The minimum Gasteiger partial charge on any atom is -0.383 e. The molecule has 2 aromatic rings. The van der Waals surface area contributed by atoms with Crippen LogP contribution in [-0.4, -0.2) is 65.5 Å². The maximum Gasteiger partial charge on any atom is 0.417 e. The van der Waals surface area contributed by atoms with Crippen LogP contribution in [0.4, 0.5) is 27.8 Å². The van der Waals surface area contributed by atoms with Crippen LogP contribution in [-0.2, 0) is 15.7 Å². The number of halogens is 5. The second-order valence-electron chi connectivity index (χ2n) is 9.30. The lowest BCUT2D eigenvalue weighted by Gasteiger charge is -2.41. The summed E-state index contributed by atoms with van der Waals surface area (Å²) < 4.78 is 76.0. The molecule has 1 saturated heterocycles. The summed E-state index contributed by atoms with van der Waals surface area (Å²) >= 11 is 1.14. The third kappa shape index (κ3) is 5.71. The fourth-order valence-electron chi connectivity index (χ4n) is 5.00. The molecule has 40 heavy (non-hydrogen) atoms. The highest BCUT2D eigenvalue weighted by Crippen LogP contribution is 2.46. The molecule has 13 heteroatoms. The van der Waals surface area contributed by atoms with Gasteiger partial charge in [0.2, 0.25) is 5.91 Å². The van der Waals surface area contributed by atoms with Gasteiger partial charge in [0.05, 0.1) is 30.1 Å². The Morgan fingerprint density at radius 3 is 2.70 bits per heavy atom. The molecule has 1 amide bonds. The predicted molar refractivity (Wildman–Crippen MR) is 145 cm³/mol. The number of carbonyl (C=O) groups excluding carboxylic acids is 1. The number of amides is 1. The standard InChI is InChI=1S/C27H27F5N4O3S/c1-4-22(37)34-10-11-35(16(2)13-34)25-20-12-21(27(30,31)32)19(7-5-6-17(29)8-9-28)24-23(20)36(26(38)33-25)18(14-39-3)15-40-24/h4-9,12,16,18H,1,10-11,13-15H2,2-3H3/b7-5+,9-8+,17-6+. The first-order valence-corrected chi connectivity index (χ1v) is 13.3. The summed E-state index contributed by atoms with van der Waals surface area (Å²) in [5, 5.41) is 0.129. The van der Waals surface area contributed by atoms with Gasteiger partial charge in [-0.1, -0.05) is 18.7 Å². The lowest BCUT2D eigenvalue weighted by molar-refractivity contribution is -0.137. The molecule has 2 aliphatic heterocycles. The molecule has 4 rings (SSSR count). The molecule has 0 N–H and O–H groups in total. The fraction of sp³-hybridized carbons (Fsp3) is 0.370. The summed E-state index contributed by atoms with van der Waals surface area (Å²) in [7, 11) is 1.46. The van der Waals surface area contributed by atoms with Crippen molar-refractivity contribution in [2.75, 3.05) is 44.0 Å². The van der Waals surface area contributed by atoms with E-state index in [0.717, 1.165) is 36.1 Å². The Bertz CT molecular complexity index is 1470. The molecule has 1 fully saturated rings. The molecule has 0 bridgehead atoms. The van der Waals surface area contributed by atoms with Crippen LogP contribution < -0.4 is 10.6 Å². The largest absolute Gasteiger partial charge is 0.417 e. The molecule has 1 aromatic heterocycles. The molecule has 0 radical (unpaired) electrons. The quantitative estimate of drug-likeness (QED) is 0.252. The molecule has 3 heterocycles. The summed E-state index contributed by atoms with van der Waals surface area (Å²) in [4.78, 5) is 33.3. The number of methoxy groups -OCH3 is 1. The van der Waals surface area contributed by atoms with Crippen molar-refractivity contribution in [2.45, 2.75) is 30.1 Å². The zero-order chi connectivity index (χ0) is 29.2. The van der Waals surface area contributed by atoms with Gasteiger partial charge in [-0.05, 0) is 25.1 Å². The predicted octanol–water partition coefficient (Wildman–Crippen LogP) is 5.28. The van der Waals surface area contributed by atoms with Crippen molar-refractivity contribution in [1.82, 2.24) is 14.5 Å². The van der Waals surface area contributed by atoms with Gasteiger partial charge in [-0.2, -0.15) is 18.2 Å². The monoisotopic (exact) mass is 582 g/mol. The third-order valence-corrected chi connectivity index (χ3v) is 8.01. The van der Waals surface area contributed by atoms with E-state index in [9.17, 15) is 31.5 Å². The van der Waals surface area contributed by atoms with Crippen molar-refractivity contribution in [3.8, 4) is 0 Å². The molecule has 214 valence electrons. The number of piperazine rings is 1. The zero-order valence-electron chi connectivity index (χ0n) is 21.8. The maximum absolute atomic E-state index is 14.5. The molecular formula is C27H27F5N4O3S. The molecule has 0 aliphatic carbocycles. The molecule has 7 nitrogen and oxygen atoms in total. The highest BCUT2D eigenvalue weighted by Gasteiger charge is 2.39. The average molecular weight is 583 g/mol. The van der Waals surface area contributed by atoms with Crippen molar-refractivity contribution in [1.29, 1.82) is 0 Å². The Morgan fingerprint density at radius 2 is 2.08 bits per heavy atom. The van der Waals surface area contributed by atoms with Crippen molar-refractivity contribution >= 4 is 40.5 Å². The number of hydrogen-bond acceptors (Lipinski definition) is 6. The minimum atomic E-state index is -4.80. The Hall–Kier alpha value is -3.45. The summed E-state index contributed by atoms with van der Waals surface area (Å²) in [6, 6.07) is 0.115. The number of carbonyl (C=O) groups is 1. The van der Waals surface area contributed by atoms with Crippen molar-refractivity contribution in [2.24, 2.45) is 0 Å². The molecule has 2 aliphatic rings. The number of alkyl halides is 3. The average Bonchev–Trinajstić information content (AvgIpc) is 2.90. The van der Waals surface area contributed by atoms with E-state index in [1.165, 1.54) is 17.8 Å². The van der Waals surface area contributed by atoms with Crippen LogP contribution in [0.1, 0.15) is 24.1 Å². The Kier molecular flexibility index (Phi) is 8.83. The summed E-state index contributed by atoms with van der Waals surface area (Å²) in [5.74, 6) is -0.916. The van der Waals surface area contributed by atoms with Gasteiger partial charge in [0.1, 0.15) is 11.6 Å². The van der Waals surface area contributed by atoms with Gasteiger partial charge in [0.25, 0.3) is 0 Å². The highest BCUT2D eigenvalue weighted by atomic mass is 32.2. The van der Waals surface area contributed by atoms with Crippen LogP contribution >= 0.6 is 11.8 Å². The number of benzene rings is 1. The number of ether oxygens (including phenoxy) is 1. The topological polar surface area (TPSA) is 67.7 Å². The maximum atomic E-state index is 14.5. The number of rotatable bonds is 7. The van der Waals surface area contributed by atoms with Gasteiger partial charge < -0.3 is 14.5 Å². The molecular weight excluding hydrogens is 555 g/mol. The van der Waals surface area contributed by atoms with E-state index in [1.807, 2.05) is 0 Å². The zero-order valence-corrected chi connectivity index (χ0v) is 22.6. The lowest BCUT2D eigenvalue weighted by atomic mass is 10.0. The number of aromatic nitrogens is 2. The van der Waals surface area contributed by atoms with Crippen LogP contribution in [0.5, 0.6) is 0 Å². The van der Waals surface area contributed by atoms with E-state index in [2.05, 4.69) is 11.6 Å². The highest BCUT2D eigenvalue weighted by molar-refractivity contribution is 7.99. The van der Waals surface area contributed by atoms with Gasteiger partial charge in [0, 0.05) is 60.5 Å². The van der Waals surface area contributed by atoms with Crippen LogP contribution in [0, 0.1) is 0 Å². The number of allylic oxidation sites excluding steroid dienone is 4. The molecule has 1 aromatic carbocycles. The van der Waals surface area contributed by atoms with Crippen LogP contribution in [0.15, 0.2) is 58.8 Å². The third-order valence-electron chi connectivity index (χ3n) is 6.76. The van der Waals surface area contributed by atoms with E-state index in [-0.39, 0.29) is 77.5 Å². The van der Waals surface area contributed by atoms with Crippen LogP contribution in [0.3, 0.4) is 0 Å². The van der Waals surface area contributed by atoms with Crippen molar-refractivity contribution < 1.29 is 31.5 Å². The van der Waals surface area contributed by atoms with E-state index in [4.69, 9.17) is 4.74 Å². The summed E-state index contributed by atoms with van der Waals surface area (Å²) in [6.07, 6.45) is -0.0886. The molecule has 2 atom stereocenters. The first-order chi connectivity index (χ1) is 19.0. The summed E-state index contributed by atoms with van der Waals surface area (Å²) in [5.41, 5.74) is -1.60. The Labute approximate surface area is 231 Å². The number of anilines is 1. The minimum absolute atomic E-state index is 0.0201. The second-order valence-corrected chi connectivity index (χ2v) is 10.3. The Balaban J connectivity index is 1.99. The van der Waals surface area contributed by atoms with Gasteiger partial charge in [-0.3, -0.25) is 9.36 Å². The van der Waals surface area contributed by atoms with Gasteiger partial charge in [-0.25, -0.2) is 13.6 Å². The lowest BCUT2D eigenvalue weighted by Crippen LogP contribution is -2.54. The van der Waals surface area contributed by atoms with Crippen LogP contribution in [0.2, 0.25) is 0 Å². The normalized spacial score (nSPS) is 20.2. The van der Waals surface area contributed by atoms with Gasteiger partial charge in [-0.15, -0.1) is 11.8 Å². The fourth-order valence-corrected chi connectivity index (χ4v) is 6.28. The van der Waals surface area contributed by atoms with Crippen LogP contribution in [0.25, 0.3) is 17.0 Å². The smallest absolute Gasteiger partial charge is 0.383 e. The number of hydrogen-bond donors (Lipinski definition) is 0. The second kappa shape index (κ2) is 12.0. The van der Waals surface area contributed by atoms with E-state index < -0.39 is 29.3 Å². The molecule has 0 spiro atoms. The Morgan fingerprint density at radius 1 is 1.32 bits per heavy atom. The first-order valence-electron chi connectivity index (χ1n) is 12.3. The number of nitrogens with zero attached hydrogens (tertiary/aromatic N) is 4. The van der Waals surface area contributed by atoms with Crippen molar-refractivity contribution in [3.63, 3.8) is 0 Å². The summed E-state index contributed by atoms with van der Waals surface area (Å²) in [6.45, 7) is 6.21. The van der Waals surface area contributed by atoms with E-state index in [0.29, 0.717) is 6.08 Å². The first kappa shape index (κ1) is 29.5. The molecule has 2 unspecified atom stereocenters. The van der Waals surface area contributed by atoms with E-state index >= 15 is 0 Å². The van der Waals surface area contributed by atoms with E-state index in [1.54, 1.807) is 16.7 Å². The van der Waals surface area contributed by atoms with Gasteiger partial charge >= 0.3 is 11.9 Å². The number of thioether (sulfide) groups is 1. The van der Waals surface area contributed by atoms with Gasteiger partial charge in [0.15, 0.2) is 0 Å². The molecule has 0 saturated carbocycles.